The Morgan fingerprint density at radius 2 is 2.00 bits per heavy atom. The van der Waals surface area contributed by atoms with Crippen LogP contribution in [-0.2, 0) is 14.8 Å². The van der Waals surface area contributed by atoms with Crippen LogP contribution in [0.15, 0.2) is 46.0 Å². The molecular formula is C16H20N2O4S2. The summed E-state index contributed by atoms with van der Waals surface area (Å²) < 4.78 is 33.4. The van der Waals surface area contributed by atoms with Gasteiger partial charge in [-0.25, -0.2) is 13.1 Å². The number of carbonyl (C=O) groups is 1. The lowest BCUT2D eigenvalue weighted by Crippen LogP contribution is -2.29. The molecule has 2 N–H and O–H groups in total. The molecule has 2 aromatic rings. The van der Waals surface area contributed by atoms with Crippen LogP contribution in [0.1, 0.15) is 24.9 Å². The summed E-state index contributed by atoms with van der Waals surface area (Å²) in [4.78, 5) is 11.4. The molecular weight excluding hydrogens is 348 g/mol. The fourth-order valence-electron chi connectivity index (χ4n) is 2.14. The molecule has 1 aromatic heterocycles. The lowest BCUT2D eigenvalue weighted by Gasteiger charge is -2.20. The van der Waals surface area contributed by atoms with E-state index in [1.807, 2.05) is 13.0 Å². The van der Waals surface area contributed by atoms with Crippen LogP contribution >= 0.6 is 11.3 Å². The fraction of sp³-hybridized carbons (Fsp3) is 0.312. The first kappa shape index (κ1) is 18.4. The number of sulfonamides is 1. The van der Waals surface area contributed by atoms with Gasteiger partial charge in [-0.1, -0.05) is 31.2 Å². The zero-order valence-corrected chi connectivity index (χ0v) is 15.1. The van der Waals surface area contributed by atoms with Crippen LogP contribution in [0.3, 0.4) is 0 Å². The van der Waals surface area contributed by atoms with E-state index in [-0.39, 0.29) is 16.7 Å². The SMILES string of the molecule is CC[C@@H](NS(=O)(=O)c1cccs1)c1ccccc1OCC(=O)NC. The zero-order valence-electron chi connectivity index (χ0n) is 13.5. The van der Waals surface area contributed by atoms with Crippen molar-refractivity contribution in [3.05, 3.63) is 47.3 Å². The van der Waals surface area contributed by atoms with E-state index >= 15 is 0 Å². The number of carbonyl (C=O) groups excluding carboxylic acids is 1. The van der Waals surface area contributed by atoms with Crippen molar-refractivity contribution in [1.82, 2.24) is 10.0 Å². The highest BCUT2D eigenvalue weighted by atomic mass is 32.2. The molecule has 0 saturated carbocycles. The van der Waals surface area contributed by atoms with Crippen molar-refractivity contribution < 1.29 is 17.9 Å². The largest absolute Gasteiger partial charge is 0.483 e. The number of amides is 1. The number of para-hydroxylation sites is 1. The van der Waals surface area contributed by atoms with Crippen LogP contribution in [0.25, 0.3) is 0 Å². The Hall–Kier alpha value is -1.90. The zero-order chi connectivity index (χ0) is 17.6. The summed E-state index contributed by atoms with van der Waals surface area (Å²) in [7, 11) is -2.07. The van der Waals surface area contributed by atoms with Gasteiger partial charge in [0.15, 0.2) is 6.61 Å². The van der Waals surface area contributed by atoms with E-state index in [2.05, 4.69) is 10.0 Å². The van der Waals surface area contributed by atoms with Gasteiger partial charge in [0, 0.05) is 12.6 Å². The summed E-state index contributed by atoms with van der Waals surface area (Å²) in [6.45, 7) is 1.76. The van der Waals surface area contributed by atoms with Crippen LogP contribution in [0.4, 0.5) is 0 Å². The predicted octanol–water partition coefficient (Wildman–Crippen LogP) is 2.30. The number of nitrogens with one attached hydrogen (secondary N) is 2. The normalized spacial score (nSPS) is 12.6. The van der Waals surface area contributed by atoms with Gasteiger partial charge in [0.1, 0.15) is 9.96 Å². The maximum atomic E-state index is 12.5. The van der Waals surface area contributed by atoms with Crippen molar-refractivity contribution >= 4 is 27.3 Å². The maximum absolute atomic E-state index is 12.5. The molecule has 0 saturated heterocycles. The van der Waals surface area contributed by atoms with Gasteiger partial charge in [0.05, 0.1) is 6.04 Å². The second-order valence-electron chi connectivity index (χ2n) is 5.01. The molecule has 8 heteroatoms. The molecule has 24 heavy (non-hydrogen) atoms. The Bertz CT molecular complexity index is 773. The van der Waals surface area contributed by atoms with Crippen molar-refractivity contribution in [2.24, 2.45) is 0 Å². The number of hydrogen-bond donors (Lipinski definition) is 2. The van der Waals surface area contributed by atoms with Crippen LogP contribution in [-0.4, -0.2) is 28.0 Å². The summed E-state index contributed by atoms with van der Waals surface area (Å²) in [5.41, 5.74) is 0.698. The Kier molecular flexibility index (Phi) is 6.36. The highest BCUT2D eigenvalue weighted by Crippen LogP contribution is 2.29. The van der Waals surface area contributed by atoms with Gasteiger partial charge in [-0.3, -0.25) is 4.79 Å². The molecule has 0 aliphatic carbocycles. The number of likely N-dealkylation sites (N-methyl/N-ethyl adjacent to an activating group) is 1. The molecule has 0 aliphatic rings. The smallest absolute Gasteiger partial charge is 0.257 e. The number of ether oxygens (including phenoxy) is 1. The molecule has 0 radical (unpaired) electrons. The number of benzene rings is 1. The predicted molar refractivity (Wildman–Crippen MR) is 93.7 cm³/mol. The maximum Gasteiger partial charge on any atom is 0.257 e. The van der Waals surface area contributed by atoms with Crippen molar-refractivity contribution in [1.29, 1.82) is 0 Å². The summed E-state index contributed by atoms with van der Waals surface area (Å²) in [5, 5.41) is 4.20. The minimum atomic E-state index is -3.60. The summed E-state index contributed by atoms with van der Waals surface area (Å²) in [5.74, 6) is 0.235. The average molecular weight is 368 g/mol. The fourth-order valence-corrected chi connectivity index (χ4v) is 4.45. The minimum absolute atomic E-state index is 0.123. The van der Waals surface area contributed by atoms with Gasteiger partial charge in [-0.15, -0.1) is 11.3 Å². The number of thiophene rings is 1. The van der Waals surface area contributed by atoms with E-state index in [0.717, 1.165) is 11.3 Å². The third kappa shape index (κ3) is 4.56. The Labute approximate surface area is 145 Å². The van der Waals surface area contributed by atoms with Crippen molar-refractivity contribution in [3.8, 4) is 5.75 Å². The molecule has 0 fully saturated rings. The van der Waals surface area contributed by atoms with Gasteiger partial charge in [-0.2, -0.15) is 0 Å². The van der Waals surface area contributed by atoms with Gasteiger partial charge >= 0.3 is 0 Å². The first-order valence-electron chi connectivity index (χ1n) is 7.46. The second-order valence-corrected chi connectivity index (χ2v) is 7.90. The highest BCUT2D eigenvalue weighted by molar-refractivity contribution is 7.91. The van der Waals surface area contributed by atoms with Crippen molar-refractivity contribution in [2.45, 2.75) is 23.6 Å². The first-order valence-corrected chi connectivity index (χ1v) is 9.82. The van der Waals surface area contributed by atoms with Crippen molar-refractivity contribution in [3.63, 3.8) is 0 Å². The molecule has 0 aliphatic heterocycles. The molecule has 6 nitrogen and oxygen atoms in total. The summed E-state index contributed by atoms with van der Waals surface area (Å²) in [6, 6.07) is 9.92. The van der Waals surface area contributed by atoms with E-state index in [1.54, 1.807) is 35.7 Å². The number of rotatable bonds is 8. The third-order valence-corrected chi connectivity index (χ3v) is 6.27. The Balaban J connectivity index is 2.23. The molecule has 1 atom stereocenters. The topological polar surface area (TPSA) is 84.5 Å². The molecule has 0 spiro atoms. The molecule has 130 valence electrons. The van der Waals surface area contributed by atoms with E-state index < -0.39 is 16.1 Å². The second kappa shape index (κ2) is 8.27. The van der Waals surface area contributed by atoms with E-state index in [4.69, 9.17) is 4.74 Å². The van der Waals surface area contributed by atoms with Crippen LogP contribution in [0, 0.1) is 0 Å². The van der Waals surface area contributed by atoms with Crippen LogP contribution in [0.2, 0.25) is 0 Å². The van der Waals surface area contributed by atoms with E-state index in [0.29, 0.717) is 17.7 Å². The number of hydrogen-bond acceptors (Lipinski definition) is 5. The monoisotopic (exact) mass is 368 g/mol. The Morgan fingerprint density at radius 3 is 2.62 bits per heavy atom. The molecule has 1 aromatic carbocycles. The lowest BCUT2D eigenvalue weighted by atomic mass is 10.0. The van der Waals surface area contributed by atoms with E-state index in [1.165, 1.54) is 7.05 Å². The standard InChI is InChI=1S/C16H20N2O4S2/c1-3-13(18-24(20,21)16-9-6-10-23-16)12-7-4-5-8-14(12)22-11-15(19)17-2/h4-10,13,18H,3,11H2,1-2H3,(H,17,19)/t13-/m1/s1. The third-order valence-electron chi connectivity index (χ3n) is 3.40. The molecule has 1 amide bonds. The summed E-state index contributed by atoms with van der Waals surface area (Å²) >= 11 is 1.16. The summed E-state index contributed by atoms with van der Waals surface area (Å²) in [6.07, 6.45) is 0.547. The van der Waals surface area contributed by atoms with Gasteiger partial charge in [0.2, 0.25) is 0 Å². The lowest BCUT2D eigenvalue weighted by molar-refractivity contribution is -0.122. The molecule has 0 bridgehead atoms. The van der Waals surface area contributed by atoms with E-state index in [9.17, 15) is 13.2 Å². The molecule has 1 heterocycles. The average Bonchev–Trinajstić information content (AvgIpc) is 3.13. The molecule has 0 unspecified atom stereocenters. The van der Waals surface area contributed by atoms with Gasteiger partial charge < -0.3 is 10.1 Å². The van der Waals surface area contributed by atoms with Crippen LogP contribution in [0.5, 0.6) is 5.75 Å². The van der Waals surface area contributed by atoms with Gasteiger partial charge in [0.25, 0.3) is 15.9 Å². The highest BCUT2D eigenvalue weighted by Gasteiger charge is 2.23. The quantitative estimate of drug-likeness (QED) is 0.749. The minimum Gasteiger partial charge on any atom is -0.483 e. The van der Waals surface area contributed by atoms with Crippen LogP contribution < -0.4 is 14.8 Å². The van der Waals surface area contributed by atoms with Gasteiger partial charge in [-0.05, 0) is 23.9 Å². The first-order chi connectivity index (χ1) is 11.5. The van der Waals surface area contributed by atoms with Crippen molar-refractivity contribution in [2.75, 3.05) is 13.7 Å². The Morgan fingerprint density at radius 1 is 1.25 bits per heavy atom. The molecule has 2 rings (SSSR count).